The van der Waals surface area contributed by atoms with E-state index in [0.29, 0.717) is 24.3 Å². The highest BCUT2D eigenvalue weighted by atomic mass is 32.2. The normalized spacial score (nSPS) is 11.7. The molecule has 8 nitrogen and oxygen atoms in total. The highest BCUT2D eigenvalue weighted by Crippen LogP contribution is 2.25. The van der Waals surface area contributed by atoms with Gasteiger partial charge in [0, 0.05) is 12.8 Å². The van der Waals surface area contributed by atoms with Gasteiger partial charge in [0.15, 0.2) is 0 Å². The molecular formula is C44H66O8S. The van der Waals surface area contributed by atoms with E-state index in [2.05, 4.69) is 38.2 Å². The first-order chi connectivity index (χ1) is 25.9. The van der Waals surface area contributed by atoms with Crippen molar-refractivity contribution in [1.29, 1.82) is 0 Å². The Hall–Kier alpha value is -3.59. The van der Waals surface area contributed by atoms with Gasteiger partial charge in [-0.2, -0.15) is 0 Å². The molecule has 0 unspecified atom stereocenters. The molecule has 2 rings (SSSR count). The molecule has 2 aromatic carbocycles. The second kappa shape index (κ2) is 29.8. The van der Waals surface area contributed by atoms with Crippen LogP contribution in [-0.2, 0) is 28.9 Å². The molecule has 9 heteroatoms. The average molecular weight is 755 g/mol. The predicted molar refractivity (Wildman–Crippen MR) is 213 cm³/mol. The van der Waals surface area contributed by atoms with Crippen molar-refractivity contribution < 1.29 is 37.0 Å². The standard InChI is InChI=1S/C44H66O8S/c1-3-5-7-9-11-13-15-17-19-21-23-25-43(45)51-37-35-49-39-27-31-41(32-28-39)53(47,48)42-33-29-40(30-34-42)50-36-38-52-44(46)26-24-22-20-18-16-14-12-10-8-6-4-2/h13-16,27-34H,3-12,17-26,35-38H2,1-2H3/b15-13+,16-14+. The number of hydrogen-bond donors (Lipinski definition) is 0. The van der Waals surface area contributed by atoms with Gasteiger partial charge in [-0.3, -0.25) is 9.59 Å². The first kappa shape index (κ1) is 45.6. The SMILES string of the molecule is CCCCCC/C=C/CCCCCC(=O)OCCOc1ccc(S(=O)(=O)c2ccc(OCCOC(=O)CCCCC/C=C/CCCCCC)cc2)cc1. The Labute approximate surface area is 320 Å². The van der Waals surface area contributed by atoms with Crippen molar-refractivity contribution in [1.82, 2.24) is 0 Å². The Balaban J connectivity index is 1.56. The van der Waals surface area contributed by atoms with Gasteiger partial charge in [-0.05, 0) is 113 Å². The largest absolute Gasteiger partial charge is 0.490 e. The van der Waals surface area contributed by atoms with Gasteiger partial charge in [-0.25, -0.2) is 8.42 Å². The molecule has 0 aliphatic rings. The van der Waals surface area contributed by atoms with Crippen LogP contribution in [0, 0.1) is 0 Å². The number of sulfone groups is 1. The fourth-order valence-corrected chi connectivity index (χ4v) is 6.87. The van der Waals surface area contributed by atoms with E-state index in [1.54, 1.807) is 24.3 Å². The third-order valence-electron chi connectivity index (χ3n) is 8.78. The number of ether oxygens (including phenoxy) is 4. The monoisotopic (exact) mass is 754 g/mol. The van der Waals surface area contributed by atoms with Crippen LogP contribution < -0.4 is 9.47 Å². The van der Waals surface area contributed by atoms with Crippen LogP contribution in [0.1, 0.15) is 142 Å². The Morgan fingerprint density at radius 1 is 0.472 bits per heavy atom. The molecule has 0 saturated carbocycles. The molecule has 2 aromatic rings. The summed E-state index contributed by atoms with van der Waals surface area (Å²) in [6.45, 7) is 5.07. The predicted octanol–water partition coefficient (Wildman–Crippen LogP) is 11.3. The van der Waals surface area contributed by atoms with Crippen LogP contribution in [-0.4, -0.2) is 46.8 Å². The second-order valence-electron chi connectivity index (χ2n) is 13.4. The summed E-state index contributed by atoms with van der Waals surface area (Å²) in [4.78, 5) is 24.3. The lowest BCUT2D eigenvalue weighted by Crippen LogP contribution is -2.12. The minimum Gasteiger partial charge on any atom is -0.490 e. The van der Waals surface area contributed by atoms with Crippen LogP contribution in [0.5, 0.6) is 11.5 Å². The maximum absolute atomic E-state index is 13.2. The minimum atomic E-state index is -3.75. The van der Waals surface area contributed by atoms with Crippen LogP contribution in [0.3, 0.4) is 0 Å². The summed E-state index contributed by atoms with van der Waals surface area (Å²) in [5.41, 5.74) is 0. The summed E-state index contributed by atoms with van der Waals surface area (Å²) in [7, 11) is -3.75. The lowest BCUT2D eigenvalue weighted by molar-refractivity contribution is -0.145. The Kier molecular flexibility index (Phi) is 25.6. The Bertz CT molecular complexity index is 1300. The van der Waals surface area contributed by atoms with E-state index in [1.807, 2.05) is 0 Å². The van der Waals surface area contributed by atoms with Gasteiger partial charge < -0.3 is 18.9 Å². The fraction of sp³-hybridized carbons (Fsp3) is 0.591. The smallest absolute Gasteiger partial charge is 0.305 e. The van der Waals surface area contributed by atoms with Gasteiger partial charge in [-0.1, -0.05) is 89.5 Å². The van der Waals surface area contributed by atoms with Gasteiger partial charge in [0.1, 0.15) is 37.9 Å². The van der Waals surface area contributed by atoms with Crippen LogP contribution in [0.4, 0.5) is 0 Å². The van der Waals surface area contributed by atoms with E-state index in [9.17, 15) is 18.0 Å². The Morgan fingerprint density at radius 3 is 1.15 bits per heavy atom. The minimum absolute atomic E-state index is 0.133. The van der Waals surface area contributed by atoms with E-state index >= 15 is 0 Å². The molecule has 0 aromatic heterocycles. The molecule has 53 heavy (non-hydrogen) atoms. The molecule has 0 radical (unpaired) electrons. The van der Waals surface area contributed by atoms with E-state index in [1.165, 1.54) is 75.6 Å². The van der Waals surface area contributed by atoms with Crippen molar-refractivity contribution in [3.8, 4) is 11.5 Å². The highest BCUT2D eigenvalue weighted by molar-refractivity contribution is 7.91. The molecule has 0 heterocycles. The third-order valence-corrected chi connectivity index (χ3v) is 10.6. The van der Waals surface area contributed by atoms with Crippen LogP contribution >= 0.6 is 0 Å². The van der Waals surface area contributed by atoms with Crippen LogP contribution in [0.25, 0.3) is 0 Å². The summed E-state index contributed by atoms with van der Waals surface area (Å²) >= 11 is 0. The molecule has 0 fully saturated rings. The molecule has 0 amide bonds. The van der Waals surface area contributed by atoms with E-state index in [0.717, 1.165) is 64.2 Å². The number of carbonyl (C=O) groups excluding carboxylic acids is 2. The summed E-state index contributed by atoms with van der Waals surface area (Å²) in [5, 5.41) is 0. The molecule has 296 valence electrons. The molecule has 0 saturated heterocycles. The van der Waals surface area contributed by atoms with E-state index in [4.69, 9.17) is 18.9 Å². The zero-order valence-electron chi connectivity index (χ0n) is 32.6. The summed E-state index contributed by atoms with van der Waals surface area (Å²) in [5.74, 6) is 0.507. The number of carbonyl (C=O) groups is 2. The number of allylic oxidation sites excluding steroid dienone is 4. The molecule has 0 spiro atoms. The lowest BCUT2D eigenvalue weighted by Gasteiger charge is -2.10. The number of hydrogen-bond acceptors (Lipinski definition) is 8. The topological polar surface area (TPSA) is 105 Å². The quantitative estimate of drug-likeness (QED) is 0.0413. The maximum atomic E-state index is 13.2. The zero-order chi connectivity index (χ0) is 38.2. The van der Waals surface area contributed by atoms with Crippen molar-refractivity contribution in [2.45, 2.75) is 152 Å². The number of unbranched alkanes of at least 4 members (excludes halogenated alkanes) is 14. The van der Waals surface area contributed by atoms with Crippen LogP contribution in [0.15, 0.2) is 82.6 Å². The first-order valence-corrected chi connectivity index (χ1v) is 21.7. The average Bonchev–Trinajstić information content (AvgIpc) is 3.16. The van der Waals surface area contributed by atoms with E-state index < -0.39 is 9.84 Å². The Morgan fingerprint density at radius 2 is 0.811 bits per heavy atom. The molecule has 0 bridgehead atoms. The van der Waals surface area contributed by atoms with Crippen molar-refractivity contribution in [2.24, 2.45) is 0 Å². The van der Waals surface area contributed by atoms with Gasteiger partial charge in [0.2, 0.25) is 9.84 Å². The molecule has 0 aliphatic heterocycles. The zero-order valence-corrected chi connectivity index (χ0v) is 33.4. The van der Waals surface area contributed by atoms with Gasteiger partial charge >= 0.3 is 11.9 Å². The molecular weight excluding hydrogens is 689 g/mol. The number of esters is 2. The highest BCUT2D eigenvalue weighted by Gasteiger charge is 2.18. The van der Waals surface area contributed by atoms with Crippen molar-refractivity contribution in [3.63, 3.8) is 0 Å². The summed E-state index contributed by atoms with van der Waals surface area (Å²) in [6.07, 6.45) is 30.3. The first-order valence-electron chi connectivity index (χ1n) is 20.2. The lowest BCUT2D eigenvalue weighted by atomic mass is 10.1. The molecule has 0 N–H and O–H groups in total. The summed E-state index contributed by atoms with van der Waals surface area (Å²) < 4.78 is 48.2. The van der Waals surface area contributed by atoms with Gasteiger partial charge in [0.05, 0.1) is 9.79 Å². The molecule has 0 atom stereocenters. The van der Waals surface area contributed by atoms with Gasteiger partial charge in [-0.15, -0.1) is 0 Å². The third kappa shape index (κ3) is 22.3. The summed E-state index contributed by atoms with van der Waals surface area (Å²) in [6, 6.07) is 12.3. The fourth-order valence-electron chi connectivity index (χ4n) is 5.61. The van der Waals surface area contributed by atoms with Crippen molar-refractivity contribution in [3.05, 3.63) is 72.8 Å². The second-order valence-corrected chi connectivity index (χ2v) is 15.4. The van der Waals surface area contributed by atoms with Crippen LogP contribution in [0.2, 0.25) is 0 Å². The van der Waals surface area contributed by atoms with Crippen molar-refractivity contribution in [2.75, 3.05) is 26.4 Å². The van der Waals surface area contributed by atoms with E-state index in [-0.39, 0.29) is 48.2 Å². The van der Waals surface area contributed by atoms with Gasteiger partial charge in [0.25, 0.3) is 0 Å². The number of benzene rings is 2. The maximum Gasteiger partial charge on any atom is 0.305 e. The molecule has 0 aliphatic carbocycles. The van der Waals surface area contributed by atoms with Crippen molar-refractivity contribution >= 4 is 21.8 Å². The number of rotatable bonds is 32.